The third kappa shape index (κ3) is 2.86. The Labute approximate surface area is 160 Å². The van der Waals surface area contributed by atoms with Crippen LogP contribution < -0.4 is 0 Å². The maximum atomic E-state index is 13.7. The maximum Gasteiger partial charge on any atom is 0.293 e. The van der Waals surface area contributed by atoms with Gasteiger partial charge in [-0.25, -0.2) is 14.1 Å². The van der Waals surface area contributed by atoms with Gasteiger partial charge < -0.3 is 4.90 Å². The fraction of sp³-hybridized carbons (Fsp3) is 0.350. The zero-order valence-corrected chi connectivity index (χ0v) is 15.6. The lowest BCUT2D eigenvalue weighted by Gasteiger charge is -2.37. The van der Waals surface area contributed by atoms with E-state index in [1.54, 1.807) is 16.8 Å². The Morgan fingerprint density at radius 2 is 2.07 bits per heavy atom. The SMILES string of the molecule is O=C(c1nc(-c2cccs2)n(-c2cccc(F)c2)n1)N1CCC2(CCC2)C1. The molecule has 0 radical (unpaired) electrons. The molecule has 0 unspecified atom stereocenters. The normalized spacial score (nSPS) is 18.0. The van der Waals surface area contributed by atoms with Crippen LogP contribution in [0, 0.1) is 11.2 Å². The maximum absolute atomic E-state index is 13.7. The molecule has 0 N–H and O–H groups in total. The Morgan fingerprint density at radius 1 is 1.19 bits per heavy atom. The van der Waals surface area contributed by atoms with Crippen LogP contribution in [0.2, 0.25) is 0 Å². The first kappa shape index (κ1) is 16.6. The third-order valence-electron chi connectivity index (χ3n) is 5.73. The molecule has 27 heavy (non-hydrogen) atoms. The topological polar surface area (TPSA) is 51.0 Å². The molecule has 0 atom stereocenters. The quantitative estimate of drug-likeness (QED) is 0.684. The van der Waals surface area contributed by atoms with Crippen molar-refractivity contribution in [2.45, 2.75) is 25.7 Å². The molecule has 5 rings (SSSR count). The van der Waals surface area contributed by atoms with Gasteiger partial charge in [0.15, 0.2) is 5.82 Å². The van der Waals surface area contributed by atoms with E-state index in [9.17, 15) is 9.18 Å². The fourth-order valence-corrected chi connectivity index (χ4v) is 4.79. The molecule has 0 bridgehead atoms. The number of hydrogen-bond acceptors (Lipinski definition) is 4. The number of rotatable bonds is 3. The number of hydrogen-bond donors (Lipinski definition) is 0. The predicted molar refractivity (Wildman–Crippen MR) is 101 cm³/mol. The number of amides is 1. The number of likely N-dealkylation sites (tertiary alicyclic amines) is 1. The van der Waals surface area contributed by atoms with Gasteiger partial charge in [-0.2, -0.15) is 0 Å². The molecule has 1 amide bonds. The van der Waals surface area contributed by atoms with Crippen LogP contribution >= 0.6 is 11.3 Å². The minimum absolute atomic E-state index is 0.133. The summed E-state index contributed by atoms with van der Waals surface area (Å²) < 4.78 is 15.3. The van der Waals surface area contributed by atoms with Crippen molar-refractivity contribution in [3.63, 3.8) is 0 Å². The lowest BCUT2D eigenvalue weighted by molar-refractivity contribution is 0.0720. The molecule has 1 saturated carbocycles. The molecule has 2 fully saturated rings. The van der Waals surface area contributed by atoms with Gasteiger partial charge in [0, 0.05) is 13.1 Å². The van der Waals surface area contributed by atoms with E-state index in [1.807, 2.05) is 22.4 Å². The summed E-state index contributed by atoms with van der Waals surface area (Å²) in [5.74, 6) is 0.266. The molecule has 2 aromatic heterocycles. The molecule has 3 heterocycles. The zero-order valence-electron chi connectivity index (χ0n) is 14.8. The number of halogens is 1. The number of thiophene rings is 1. The van der Waals surface area contributed by atoms with E-state index in [2.05, 4.69) is 10.1 Å². The first-order valence-corrected chi connectivity index (χ1v) is 10.1. The summed E-state index contributed by atoms with van der Waals surface area (Å²) >= 11 is 1.52. The molecule has 2 aliphatic rings. The van der Waals surface area contributed by atoms with Gasteiger partial charge in [0.05, 0.1) is 10.6 Å². The minimum Gasteiger partial charge on any atom is -0.335 e. The average Bonchev–Trinajstić information content (AvgIpc) is 3.38. The lowest BCUT2D eigenvalue weighted by atomic mass is 9.68. The molecule has 1 aliphatic heterocycles. The van der Waals surface area contributed by atoms with Crippen LogP contribution in [0.3, 0.4) is 0 Å². The van der Waals surface area contributed by atoms with Crippen molar-refractivity contribution >= 4 is 17.2 Å². The summed E-state index contributed by atoms with van der Waals surface area (Å²) in [4.78, 5) is 20.3. The zero-order chi connectivity index (χ0) is 18.4. The van der Waals surface area contributed by atoms with Gasteiger partial charge in [-0.1, -0.05) is 18.6 Å². The monoisotopic (exact) mass is 382 g/mol. The van der Waals surface area contributed by atoms with Crippen molar-refractivity contribution in [3.8, 4) is 16.4 Å². The van der Waals surface area contributed by atoms with Gasteiger partial charge in [-0.15, -0.1) is 16.4 Å². The van der Waals surface area contributed by atoms with Crippen molar-refractivity contribution in [1.29, 1.82) is 0 Å². The second-order valence-corrected chi connectivity index (χ2v) is 8.41. The van der Waals surface area contributed by atoms with E-state index in [1.165, 1.54) is 42.7 Å². The van der Waals surface area contributed by atoms with E-state index in [-0.39, 0.29) is 17.5 Å². The first-order chi connectivity index (χ1) is 13.1. The summed E-state index contributed by atoms with van der Waals surface area (Å²) in [6.45, 7) is 1.57. The highest BCUT2D eigenvalue weighted by Crippen LogP contribution is 2.48. The van der Waals surface area contributed by atoms with Crippen molar-refractivity contribution in [2.75, 3.05) is 13.1 Å². The van der Waals surface area contributed by atoms with E-state index in [0.29, 0.717) is 16.9 Å². The summed E-state index contributed by atoms with van der Waals surface area (Å²) in [6.07, 6.45) is 4.75. The van der Waals surface area contributed by atoms with Gasteiger partial charge >= 0.3 is 0 Å². The summed E-state index contributed by atoms with van der Waals surface area (Å²) in [6, 6.07) is 10.0. The van der Waals surface area contributed by atoms with Gasteiger partial charge in [0.1, 0.15) is 5.82 Å². The predicted octanol–water partition coefficient (Wildman–Crippen LogP) is 4.15. The second kappa shape index (κ2) is 6.27. The van der Waals surface area contributed by atoms with Crippen LogP contribution in [0.4, 0.5) is 4.39 Å². The molecule has 1 aliphatic carbocycles. The Bertz CT molecular complexity index is 993. The number of carbonyl (C=O) groups is 1. The molecular formula is C20H19FN4OS. The third-order valence-corrected chi connectivity index (χ3v) is 6.60. The Hall–Kier alpha value is -2.54. The standard InChI is InChI=1S/C20H19FN4OS/c21-14-4-1-5-15(12-14)25-18(16-6-2-11-27-16)22-17(23-25)19(26)24-10-9-20(13-24)7-3-8-20/h1-2,4-6,11-12H,3,7-10,13H2. The molecule has 138 valence electrons. The Balaban J connectivity index is 1.52. The van der Waals surface area contributed by atoms with Crippen LogP contribution in [0.25, 0.3) is 16.4 Å². The fourth-order valence-electron chi connectivity index (χ4n) is 4.09. The van der Waals surface area contributed by atoms with Gasteiger partial charge in [0.25, 0.3) is 5.91 Å². The molecule has 1 saturated heterocycles. The molecule has 1 aromatic carbocycles. The van der Waals surface area contributed by atoms with Gasteiger partial charge in [-0.3, -0.25) is 4.79 Å². The van der Waals surface area contributed by atoms with E-state index in [0.717, 1.165) is 24.4 Å². The molecule has 3 aromatic rings. The lowest BCUT2D eigenvalue weighted by Crippen LogP contribution is -2.36. The van der Waals surface area contributed by atoms with Crippen molar-refractivity contribution in [1.82, 2.24) is 19.7 Å². The highest BCUT2D eigenvalue weighted by atomic mass is 32.1. The molecule has 1 spiro atoms. The van der Waals surface area contributed by atoms with E-state index in [4.69, 9.17) is 0 Å². The largest absolute Gasteiger partial charge is 0.335 e. The average molecular weight is 382 g/mol. The number of carbonyl (C=O) groups excluding carboxylic acids is 1. The summed E-state index contributed by atoms with van der Waals surface area (Å²) in [5, 5.41) is 6.41. The van der Waals surface area contributed by atoms with Gasteiger partial charge in [-0.05, 0) is 54.3 Å². The minimum atomic E-state index is -0.348. The number of benzene rings is 1. The highest BCUT2D eigenvalue weighted by Gasteiger charge is 2.44. The highest BCUT2D eigenvalue weighted by molar-refractivity contribution is 7.13. The van der Waals surface area contributed by atoms with E-state index >= 15 is 0 Å². The number of aromatic nitrogens is 3. The molecule has 5 nitrogen and oxygen atoms in total. The van der Waals surface area contributed by atoms with Gasteiger partial charge in [0.2, 0.25) is 5.82 Å². The molecule has 7 heteroatoms. The summed E-state index contributed by atoms with van der Waals surface area (Å²) in [5.41, 5.74) is 0.888. The van der Waals surface area contributed by atoms with Crippen molar-refractivity contribution < 1.29 is 9.18 Å². The number of nitrogens with zero attached hydrogens (tertiary/aromatic N) is 4. The smallest absolute Gasteiger partial charge is 0.293 e. The Morgan fingerprint density at radius 3 is 2.74 bits per heavy atom. The second-order valence-electron chi connectivity index (χ2n) is 7.46. The van der Waals surface area contributed by atoms with Crippen LogP contribution in [0.15, 0.2) is 41.8 Å². The van der Waals surface area contributed by atoms with Crippen molar-refractivity contribution in [2.24, 2.45) is 5.41 Å². The summed E-state index contributed by atoms with van der Waals surface area (Å²) in [7, 11) is 0. The van der Waals surface area contributed by atoms with Crippen LogP contribution in [-0.4, -0.2) is 38.7 Å². The Kier molecular flexibility index (Phi) is 3.86. The van der Waals surface area contributed by atoms with Crippen LogP contribution in [-0.2, 0) is 0 Å². The van der Waals surface area contributed by atoms with Crippen molar-refractivity contribution in [3.05, 3.63) is 53.4 Å². The van der Waals surface area contributed by atoms with Crippen LogP contribution in [0.5, 0.6) is 0 Å². The van der Waals surface area contributed by atoms with E-state index < -0.39 is 0 Å². The molecular weight excluding hydrogens is 363 g/mol. The first-order valence-electron chi connectivity index (χ1n) is 9.20. The van der Waals surface area contributed by atoms with Crippen LogP contribution in [0.1, 0.15) is 36.3 Å².